The van der Waals surface area contributed by atoms with Gasteiger partial charge in [-0.3, -0.25) is 9.59 Å². The summed E-state index contributed by atoms with van der Waals surface area (Å²) < 4.78 is 0. The van der Waals surface area contributed by atoms with E-state index in [1.165, 1.54) is 18.5 Å². The largest absolute Gasteiger partial charge is 0.372 e. The van der Waals surface area contributed by atoms with E-state index in [1.54, 1.807) is 16.7 Å². The zero-order chi connectivity index (χ0) is 18.2. The summed E-state index contributed by atoms with van der Waals surface area (Å²) in [4.78, 5) is 30.1. The van der Waals surface area contributed by atoms with Crippen LogP contribution >= 0.6 is 0 Å². The van der Waals surface area contributed by atoms with Crippen molar-refractivity contribution in [2.45, 2.75) is 46.0 Å². The van der Waals surface area contributed by atoms with E-state index < -0.39 is 0 Å². The van der Waals surface area contributed by atoms with E-state index in [9.17, 15) is 9.59 Å². The van der Waals surface area contributed by atoms with Gasteiger partial charge in [0.05, 0.1) is 0 Å². The molecule has 5 heteroatoms. The predicted octanol–water partition coefficient (Wildman–Crippen LogP) is 3.29. The Morgan fingerprint density at radius 2 is 1.72 bits per heavy atom. The minimum atomic E-state index is -0.0297. The molecule has 5 nitrogen and oxygen atoms in total. The number of carbonyl (C=O) groups excluding carboxylic acids is 2. The first-order valence-electron chi connectivity index (χ1n) is 9.40. The molecule has 2 rings (SSSR count). The van der Waals surface area contributed by atoms with Gasteiger partial charge >= 0.3 is 0 Å². The van der Waals surface area contributed by atoms with E-state index >= 15 is 0 Å². The molecule has 0 unspecified atom stereocenters. The first-order chi connectivity index (χ1) is 12.0. The standard InChI is InChI=1S/C20H31N3O2/c1-4-5-13-21(3)20(25)12-16-23(17(2)24)19-10-8-18(9-11-19)22-14-6-7-15-22/h8-11H,4-7,12-16H2,1-3H3. The number of amides is 2. The Balaban J connectivity index is 1.95. The number of nitrogens with zero attached hydrogens (tertiary/aromatic N) is 3. The second kappa shape index (κ2) is 9.44. The van der Waals surface area contributed by atoms with Crippen molar-refractivity contribution in [2.24, 2.45) is 0 Å². The Morgan fingerprint density at radius 1 is 1.08 bits per heavy atom. The zero-order valence-electron chi connectivity index (χ0n) is 15.8. The van der Waals surface area contributed by atoms with E-state index in [4.69, 9.17) is 0 Å². The molecule has 1 aliphatic rings. The lowest BCUT2D eigenvalue weighted by atomic mass is 10.2. The molecule has 0 spiro atoms. The lowest BCUT2D eigenvalue weighted by Gasteiger charge is -2.24. The fourth-order valence-corrected chi connectivity index (χ4v) is 3.21. The summed E-state index contributed by atoms with van der Waals surface area (Å²) >= 11 is 0. The molecule has 2 amide bonds. The normalized spacial score (nSPS) is 13.8. The Kier molecular flexibility index (Phi) is 7.29. The molecule has 1 heterocycles. The molecule has 0 N–H and O–H groups in total. The Hall–Kier alpha value is -2.04. The van der Waals surface area contributed by atoms with Crippen LogP contribution in [0, 0.1) is 0 Å². The van der Waals surface area contributed by atoms with Gasteiger partial charge in [0.1, 0.15) is 0 Å². The number of benzene rings is 1. The number of hydrogen-bond acceptors (Lipinski definition) is 3. The van der Waals surface area contributed by atoms with Gasteiger partial charge in [-0.25, -0.2) is 0 Å². The molecule has 1 fully saturated rings. The first kappa shape index (κ1) is 19.3. The molecule has 0 aromatic heterocycles. The highest BCUT2D eigenvalue weighted by Crippen LogP contribution is 2.24. The van der Waals surface area contributed by atoms with Gasteiger partial charge in [0.25, 0.3) is 0 Å². The fourth-order valence-electron chi connectivity index (χ4n) is 3.21. The van der Waals surface area contributed by atoms with Crippen molar-refractivity contribution in [1.29, 1.82) is 0 Å². The molecule has 1 saturated heterocycles. The molecule has 1 aromatic rings. The van der Waals surface area contributed by atoms with Crippen LogP contribution in [0.2, 0.25) is 0 Å². The SMILES string of the molecule is CCCCN(C)C(=O)CCN(C(C)=O)c1ccc(N2CCCC2)cc1. The van der Waals surface area contributed by atoms with E-state index in [1.807, 2.05) is 19.2 Å². The third kappa shape index (κ3) is 5.48. The Labute approximate surface area is 151 Å². The minimum Gasteiger partial charge on any atom is -0.372 e. The highest BCUT2D eigenvalue weighted by Gasteiger charge is 2.17. The summed E-state index contributed by atoms with van der Waals surface area (Å²) in [5, 5.41) is 0. The monoisotopic (exact) mass is 345 g/mol. The number of hydrogen-bond donors (Lipinski definition) is 0. The fraction of sp³-hybridized carbons (Fsp3) is 0.600. The van der Waals surface area contributed by atoms with Crippen LogP contribution in [0.25, 0.3) is 0 Å². The zero-order valence-corrected chi connectivity index (χ0v) is 15.8. The van der Waals surface area contributed by atoms with Crippen LogP contribution in [-0.2, 0) is 9.59 Å². The van der Waals surface area contributed by atoms with Crippen molar-refractivity contribution in [3.8, 4) is 0 Å². The minimum absolute atomic E-state index is 0.0297. The molecule has 25 heavy (non-hydrogen) atoms. The highest BCUT2D eigenvalue weighted by molar-refractivity contribution is 5.92. The summed E-state index contributed by atoms with van der Waals surface area (Å²) in [6.45, 7) is 7.08. The van der Waals surface area contributed by atoms with Gasteiger partial charge in [0.15, 0.2) is 0 Å². The van der Waals surface area contributed by atoms with Gasteiger partial charge in [0.2, 0.25) is 11.8 Å². The van der Waals surface area contributed by atoms with E-state index in [0.29, 0.717) is 13.0 Å². The van der Waals surface area contributed by atoms with Gasteiger partial charge in [-0.15, -0.1) is 0 Å². The molecule has 0 saturated carbocycles. The molecular weight excluding hydrogens is 314 g/mol. The quantitative estimate of drug-likeness (QED) is 0.726. The Bertz CT molecular complexity index is 565. The van der Waals surface area contributed by atoms with Crippen LogP contribution in [0.3, 0.4) is 0 Å². The summed E-state index contributed by atoms with van der Waals surface area (Å²) in [6.07, 6.45) is 4.93. The van der Waals surface area contributed by atoms with Crippen LogP contribution in [0.4, 0.5) is 11.4 Å². The number of unbranched alkanes of at least 4 members (excludes halogenated alkanes) is 1. The molecule has 0 atom stereocenters. The van der Waals surface area contributed by atoms with Crippen LogP contribution in [0.1, 0.15) is 46.0 Å². The third-order valence-corrected chi connectivity index (χ3v) is 4.83. The lowest BCUT2D eigenvalue weighted by Crippen LogP contribution is -2.35. The van der Waals surface area contributed by atoms with E-state index in [0.717, 1.165) is 38.2 Å². The van der Waals surface area contributed by atoms with E-state index in [2.05, 4.69) is 24.0 Å². The molecule has 1 aliphatic heterocycles. The summed E-state index contributed by atoms with van der Waals surface area (Å²) in [6, 6.07) is 8.12. The molecule has 0 bridgehead atoms. The lowest BCUT2D eigenvalue weighted by molar-refractivity contribution is -0.129. The highest BCUT2D eigenvalue weighted by atomic mass is 16.2. The summed E-state index contributed by atoms with van der Waals surface area (Å²) in [7, 11) is 1.83. The van der Waals surface area contributed by atoms with Gasteiger partial charge in [-0.2, -0.15) is 0 Å². The van der Waals surface area contributed by atoms with Gasteiger partial charge in [-0.1, -0.05) is 13.3 Å². The number of rotatable bonds is 8. The van der Waals surface area contributed by atoms with Crippen molar-refractivity contribution in [2.75, 3.05) is 43.0 Å². The van der Waals surface area contributed by atoms with E-state index in [-0.39, 0.29) is 11.8 Å². The number of carbonyl (C=O) groups is 2. The molecule has 138 valence electrons. The smallest absolute Gasteiger partial charge is 0.224 e. The molecule has 0 aliphatic carbocycles. The van der Waals surface area contributed by atoms with Gasteiger partial charge < -0.3 is 14.7 Å². The van der Waals surface area contributed by atoms with Crippen LogP contribution in [0.5, 0.6) is 0 Å². The summed E-state index contributed by atoms with van der Waals surface area (Å²) in [5.74, 6) is 0.0614. The number of anilines is 2. The maximum Gasteiger partial charge on any atom is 0.224 e. The van der Waals surface area contributed by atoms with Crippen LogP contribution < -0.4 is 9.80 Å². The van der Waals surface area contributed by atoms with Crippen molar-refractivity contribution >= 4 is 23.2 Å². The molecular formula is C20H31N3O2. The van der Waals surface area contributed by atoms with Crippen molar-refractivity contribution in [3.63, 3.8) is 0 Å². The van der Waals surface area contributed by atoms with Crippen LogP contribution in [0.15, 0.2) is 24.3 Å². The average Bonchev–Trinajstić information content (AvgIpc) is 3.14. The van der Waals surface area contributed by atoms with Crippen LogP contribution in [-0.4, -0.2) is 49.9 Å². The second-order valence-electron chi connectivity index (χ2n) is 6.80. The molecule has 1 aromatic carbocycles. The van der Waals surface area contributed by atoms with Crippen molar-refractivity contribution in [3.05, 3.63) is 24.3 Å². The maximum atomic E-state index is 12.2. The van der Waals surface area contributed by atoms with Gasteiger partial charge in [-0.05, 0) is 43.5 Å². The average molecular weight is 345 g/mol. The first-order valence-corrected chi connectivity index (χ1v) is 9.40. The third-order valence-electron chi connectivity index (χ3n) is 4.83. The maximum absolute atomic E-state index is 12.2. The Morgan fingerprint density at radius 3 is 2.28 bits per heavy atom. The second-order valence-corrected chi connectivity index (χ2v) is 6.80. The summed E-state index contributed by atoms with van der Waals surface area (Å²) in [5.41, 5.74) is 2.07. The van der Waals surface area contributed by atoms with Crippen molar-refractivity contribution in [1.82, 2.24) is 4.90 Å². The predicted molar refractivity (Wildman–Crippen MR) is 103 cm³/mol. The molecule has 0 radical (unpaired) electrons. The topological polar surface area (TPSA) is 43.9 Å². The van der Waals surface area contributed by atoms with Crippen molar-refractivity contribution < 1.29 is 9.59 Å². The van der Waals surface area contributed by atoms with Gasteiger partial charge in [0, 0.05) is 57.9 Å².